The Hall–Kier alpha value is -1.42. The fourth-order valence-corrected chi connectivity index (χ4v) is 1.55. The molecule has 0 aliphatic heterocycles. The SMILES string of the molecule is Cc1cccnc1CN(C)C(C)CC(=N)N. The van der Waals surface area contributed by atoms with Gasteiger partial charge in [-0.1, -0.05) is 6.07 Å². The van der Waals surface area contributed by atoms with E-state index in [2.05, 4.69) is 29.8 Å². The van der Waals surface area contributed by atoms with Gasteiger partial charge in [-0.05, 0) is 32.5 Å². The van der Waals surface area contributed by atoms with Crippen LogP contribution in [0.5, 0.6) is 0 Å². The van der Waals surface area contributed by atoms with Gasteiger partial charge in [-0.3, -0.25) is 15.3 Å². The first kappa shape index (κ1) is 12.6. The first-order valence-electron chi connectivity index (χ1n) is 5.44. The highest BCUT2D eigenvalue weighted by molar-refractivity contribution is 5.77. The minimum Gasteiger partial charge on any atom is -0.388 e. The van der Waals surface area contributed by atoms with E-state index in [0.29, 0.717) is 6.42 Å². The van der Waals surface area contributed by atoms with Crippen LogP contribution in [0.3, 0.4) is 0 Å². The van der Waals surface area contributed by atoms with E-state index in [1.807, 2.05) is 19.3 Å². The average molecular weight is 220 g/mol. The van der Waals surface area contributed by atoms with Crippen molar-refractivity contribution in [1.29, 1.82) is 5.41 Å². The van der Waals surface area contributed by atoms with Crippen LogP contribution in [0.25, 0.3) is 0 Å². The van der Waals surface area contributed by atoms with Gasteiger partial charge in [0.15, 0.2) is 0 Å². The minimum atomic E-state index is 0.233. The van der Waals surface area contributed by atoms with Crippen LogP contribution in [0, 0.1) is 12.3 Å². The lowest BCUT2D eigenvalue weighted by Crippen LogP contribution is -2.32. The molecule has 0 bridgehead atoms. The molecule has 3 N–H and O–H groups in total. The summed E-state index contributed by atoms with van der Waals surface area (Å²) in [6.45, 7) is 4.92. The monoisotopic (exact) mass is 220 g/mol. The third kappa shape index (κ3) is 3.62. The molecule has 1 heterocycles. The topological polar surface area (TPSA) is 66.0 Å². The summed E-state index contributed by atoms with van der Waals surface area (Å²) in [5.74, 6) is 0.233. The van der Waals surface area contributed by atoms with E-state index in [1.54, 1.807) is 0 Å². The molecule has 0 aromatic carbocycles. The third-order valence-corrected chi connectivity index (χ3v) is 2.78. The first-order valence-corrected chi connectivity index (χ1v) is 5.44. The number of aryl methyl sites for hydroxylation is 1. The Morgan fingerprint density at radius 2 is 2.31 bits per heavy atom. The van der Waals surface area contributed by atoms with Crippen molar-refractivity contribution in [1.82, 2.24) is 9.88 Å². The fourth-order valence-electron chi connectivity index (χ4n) is 1.55. The molecule has 0 fully saturated rings. The normalized spacial score (nSPS) is 12.8. The van der Waals surface area contributed by atoms with Gasteiger partial charge in [0.25, 0.3) is 0 Å². The molecule has 88 valence electrons. The third-order valence-electron chi connectivity index (χ3n) is 2.78. The number of hydrogen-bond donors (Lipinski definition) is 2. The molecule has 0 amide bonds. The van der Waals surface area contributed by atoms with Gasteiger partial charge in [0, 0.05) is 25.2 Å². The molecule has 4 nitrogen and oxygen atoms in total. The quantitative estimate of drug-likeness (QED) is 0.584. The van der Waals surface area contributed by atoms with Crippen LogP contribution in [0.2, 0.25) is 0 Å². The Kier molecular flexibility index (Phi) is 4.43. The second-order valence-electron chi connectivity index (χ2n) is 4.26. The Bertz CT molecular complexity index is 362. The van der Waals surface area contributed by atoms with Crippen molar-refractivity contribution in [2.24, 2.45) is 5.73 Å². The minimum absolute atomic E-state index is 0.233. The second kappa shape index (κ2) is 5.61. The summed E-state index contributed by atoms with van der Waals surface area (Å²) in [5, 5.41) is 7.28. The van der Waals surface area contributed by atoms with Crippen LogP contribution in [0.4, 0.5) is 0 Å². The van der Waals surface area contributed by atoms with Crippen LogP contribution in [-0.4, -0.2) is 28.8 Å². The van der Waals surface area contributed by atoms with Gasteiger partial charge in [-0.25, -0.2) is 0 Å². The number of hydrogen-bond acceptors (Lipinski definition) is 3. The summed E-state index contributed by atoms with van der Waals surface area (Å²) in [7, 11) is 2.03. The zero-order valence-corrected chi connectivity index (χ0v) is 10.2. The molecule has 1 rings (SSSR count). The van der Waals surface area contributed by atoms with E-state index in [-0.39, 0.29) is 11.9 Å². The molecule has 1 unspecified atom stereocenters. The summed E-state index contributed by atoms with van der Waals surface area (Å²) < 4.78 is 0. The van der Waals surface area contributed by atoms with Gasteiger partial charge in [0.2, 0.25) is 0 Å². The number of aromatic nitrogens is 1. The van der Waals surface area contributed by atoms with Crippen molar-refractivity contribution in [2.45, 2.75) is 32.9 Å². The second-order valence-corrected chi connectivity index (χ2v) is 4.26. The van der Waals surface area contributed by atoms with Crippen molar-refractivity contribution >= 4 is 5.84 Å². The van der Waals surface area contributed by atoms with Crippen molar-refractivity contribution in [2.75, 3.05) is 7.05 Å². The largest absolute Gasteiger partial charge is 0.388 e. The lowest BCUT2D eigenvalue weighted by atomic mass is 10.1. The molecule has 0 aliphatic rings. The molecule has 0 radical (unpaired) electrons. The maximum absolute atomic E-state index is 7.28. The Labute approximate surface area is 97.0 Å². The molecule has 1 atom stereocenters. The maximum atomic E-state index is 7.28. The van der Waals surface area contributed by atoms with Crippen molar-refractivity contribution in [3.8, 4) is 0 Å². The number of nitrogens with one attached hydrogen (secondary N) is 1. The maximum Gasteiger partial charge on any atom is 0.0920 e. The van der Waals surface area contributed by atoms with Crippen molar-refractivity contribution < 1.29 is 0 Å². The van der Waals surface area contributed by atoms with Crippen LogP contribution in [0.15, 0.2) is 18.3 Å². The van der Waals surface area contributed by atoms with E-state index >= 15 is 0 Å². The smallest absolute Gasteiger partial charge is 0.0920 e. The van der Waals surface area contributed by atoms with Gasteiger partial charge in [-0.15, -0.1) is 0 Å². The zero-order valence-electron chi connectivity index (χ0n) is 10.2. The number of rotatable bonds is 5. The molecular weight excluding hydrogens is 200 g/mol. The lowest BCUT2D eigenvalue weighted by Gasteiger charge is -2.24. The zero-order chi connectivity index (χ0) is 12.1. The molecule has 0 spiro atoms. The highest BCUT2D eigenvalue weighted by atomic mass is 15.1. The lowest BCUT2D eigenvalue weighted by molar-refractivity contribution is 0.251. The molecule has 1 aromatic heterocycles. The average Bonchev–Trinajstić information content (AvgIpc) is 2.20. The summed E-state index contributed by atoms with van der Waals surface area (Å²) in [5.41, 5.74) is 7.68. The van der Waals surface area contributed by atoms with E-state index in [0.717, 1.165) is 12.2 Å². The summed E-state index contributed by atoms with van der Waals surface area (Å²) >= 11 is 0. The highest BCUT2D eigenvalue weighted by Gasteiger charge is 2.12. The van der Waals surface area contributed by atoms with E-state index < -0.39 is 0 Å². The molecule has 1 aromatic rings. The van der Waals surface area contributed by atoms with Gasteiger partial charge in [-0.2, -0.15) is 0 Å². The van der Waals surface area contributed by atoms with E-state index in [1.165, 1.54) is 5.56 Å². The number of pyridine rings is 1. The Morgan fingerprint density at radius 1 is 1.62 bits per heavy atom. The Morgan fingerprint density at radius 3 is 2.88 bits per heavy atom. The molecule has 4 heteroatoms. The van der Waals surface area contributed by atoms with E-state index in [9.17, 15) is 0 Å². The van der Waals surface area contributed by atoms with Crippen LogP contribution >= 0.6 is 0 Å². The summed E-state index contributed by atoms with van der Waals surface area (Å²) in [6.07, 6.45) is 2.41. The molecule has 0 aliphatic carbocycles. The number of amidine groups is 1. The van der Waals surface area contributed by atoms with Gasteiger partial charge in [0.1, 0.15) is 0 Å². The summed E-state index contributed by atoms with van der Waals surface area (Å²) in [6, 6.07) is 4.27. The number of nitrogens with two attached hydrogens (primary N) is 1. The predicted molar refractivity (Wildman–Crippen MR) is 66.4 cm³/mol. The van der Waals surface area contributed by atoms with Crippen LogP contribution in [-0.2, 0) is 6.54 Å². The van der Waals surface area contributed by atoms with Crippen LogP contribution in [0.1, 0.15) is 24.6 Å². The van der Waals surface area contributed by atoms with Crippen molar-refractivity contribution in [3.05, 3.63) is 29.6 Å². The molecular formula is C12H20N4. The molecule has 0 saturated carbocycles. The Balaban J connectivity index is 2.60. The molecule has 16 heavy (non-hydrogen) atoms. The highest BCUT2D eigenvalue weighted by Crippen LogP contribution is 2.09. The van der Waals surface area contributed by atoms with E-state index in [4.69, 9.17) is 11.1 Å². The number of nitrogens with zero attached hydrogens (tertiary/aromatic N) is 2. The van der Waals surface area contributed by atoms with Crippen molar-refractivity contribution in [3.63, 3.8) is 0 Å². The van der Waals surface area contributed by atoms with Gasteiger partial charge >= 0.3 is 0 Å². The van der Waals surface area contributed by atoms with Gasteiger partial charge in [0.05, 0.1) is 11.5 Å². The van der Waals surface area contributed by atoms with Crippen LogP contribution < -0.4 is 5.73 Å². The molecule has 0 saturated heterocycles. The standard InChI is InChI=1S/C12H20N4/c1-9-5-4-6-15-11(9)8-16(3)10(2)7-12(13)14/h4-6,10H,7-8H2,1-3H3,(H3,13,14). The fraction of sp³-hybridized carbons (Fsp3) is 0.500. The summed E-state index contributed by atoms with van der Waals surface area (Å²) in [4.78, 5) is 6.52. The first-order chi connectivity index (χ1) is 7.50. The predicted octanol–water partition coefficient (Wildman–Crippen LogP) is 1.54. The van der Waals surface area contributed by atoms with Gasteiger partial charge < -0.3 is 5.73 Å².